The topological polar surface area (TPSA) is 96.0 Å². The first kappa shape index (κ1) is 15.5. The van der Waals surface area contributed by atoms with E-state index in [1.165, 1.54) is 20.2 Å². The zero-order valence-electron chi connectivity index (χ0n) is 11.6. The standard InChI is InChI=1S/C14H15N3O3/c1-4-20-13(18)14(2,10(7-15)8-16)12-6-5-11(19-3)9-17-12/h5-6,9-10H,4H2,1-3H3/t14-/m1/s1. The summed E-state index contributed by atoms with van der Waals surface area (Å²) in [6, 6.07) is 6.82. The molecule has 0 aliphatic rings. The number of rotatable bonds is 5. The number of pyridine rings is 1. The highest BCUT2D eigenvalue weighted by molar-refractivity contribution is 5.83. The molecule has 6 heteroatoms. The Hall–Kier alpha value is -2.60. The van der Waals surface area contributed by atoms with Crippen LogP contribution in [0.5, 0.6) is 5.75 Å². The zero-order chi connectivity index (χ0) is 15.2. The SMILES string of the molecule is CCOC(=O)[C@@](C)(c1ccc(OC)cn1)C(C#N)C#N. The van der Waals surface area contributed by atoms with Crippen molar-refractivity contribution < 1.29 is 14.3 Å². The molecular weight excluding hydrogens is 258 g/mol. The minimum atomic E-state index is -1.44. The Kier molecular flexibility index (Phi) is 5.05. The third kappa shape index (κ3) is 2.70. The smallest absolute Gasteiger partial charge is 0.320 e. The van der Waals surface area contributed by atoms with E-state index in [9.17, 15) is 4.79 Å². The highest BCUT2D eigenvalue weighted by Gasteiger charge is 2.46. The molecular formula is C14H15N3O3. The van der Waals surface area contributed by atoms with Crippen molar-refractivity contribution in [2.45, 2.75) is 19.3 Å². The molecule has 0 unspecified atom stereocenters. The molecule has 0 radical (unpaired) electrons. The van der Waals surface area contributed by atoms with Crippen molar-refractivity contribution in [3.63, 3.8) is 0 Å². The molecule has 0 bridgehead atoms. The van der Waals surface area contributed by atoms with Crippen molar-refractivity contribution in [2.24, 2.45) is 5.92 Å². The van der Waals surface area contributed by atoms with Gasteiger partial charge in [-0.1, -0.05) is 0 Å². The predicted molar refractivity (Wildman–Crippen MR) is 69.5 cm³/mol. The second-order valence-electron chi connectivity index (χ2n) is 4.20. The predicted octanol–water partition coefficient (Wildman–Crippen LogP) is 1.57. The lowest BCUT2D eigenvalue weighted by molar-refractivity contribution is -0.150. The van der Waals surface area contributed by atoms with Crippen LogP contribution in [0.4, 0.5) is 0 Å². The summed E-state index contributed by atoms with van der Waals surface area (Å²) < 4.78 is 9.98. The van der Waals surface area contributed by atoms with Crippen LogP contribution in [-0.2, 0) is 14.9 Å². The number of carbonyl (C=O) groups is 1. The molecule has 1 aromatic heterocycles. The van der Waals surface area contributed by atoms with Gasteiger partial charge in [-0.05, 0) is 26.0 Å². The molecule has 0 aromatic carbocycles. The second kappa shape index (κ2) is 6.53. The van der Waals surface area contributed by atoms with Gasteiger partial charge in [0, 0.05) is 0 Å². The fourth-order valence-electron chi connectivity index (χ4n) is 1.75. The van der Waals surface area contributed by atoms with Crippen molar-refractivity contribution in [3.05, 3.63) is 24.0 Å². The summed E-state index contributed by atoms with van der Waals surface area (Å²) >= 11 is 0. The molecule has 0 saturated heterocycles. The highest BCUT2D eigenvalue weighted by atomic mass is 16.5. The van der Waals surface area contributed by atoms with Crippen LogP contribution >= 0.6 is 0 Å². The van der Waals surface area contributed by atoms with Gasteiger partial charge in [-0.15, -0.1) is 0 Å². The van der Waals surface area contributed by atoms with E-state index in [0.717, 1.165) is 0 Å². The Morgan fingerprint density at radius 1 is 1.45 bits per heavy atom. The number of aromatic nitrogens is 1. The first-order valence-electron chi connectivity index (χ1n) is 6.01. The van der Waals surface area contributed by atoms with Gasteiger partial charge in [0.25, 0.3) is 0 Å². The largest absolute Gasteiger partial charge is 0.495 e. The van der Waals surface area contributed by atoms with Crippen LogP contribution in [0.3, 0.4) is 0 Å². The fourth-order valence-corrected chi connectivity index (χ4v) is 1.75. The van der Waals surface area contributed by atoms with E-state index in [1.807, 2.05) is 12.1 Å². The maximum atomic E-state index is 12.2. The Morgan fingerprint density at radius 2 is 2.10 bits per heavy atom. The normalized spacial score (nSPS) is 12.9. The first-order valence-corrected chi connectivity index (χ1v) is 6.01. The quantitative estimate of drug-likeness (QED) is 0.755. The van der Waals surface area contributed by atoms with E-state index < -0.39 is 17.3 Å². The molecule has 0 aliphatic carbocycles. The van der Waals surface area contributed by atoms with Gasteiger partial charge in [-0.2, -0.15) is 10.5 Å². The maximum absolute atomic E-state index is 12.2. The monoisotopic (exact) mass is 273 g/mol. The Labute approximate surface area is 117 Å². The molecule has 20 heavy (non-hydrogen) atoms. The van der Waals surface area contributed by atoms with E-state index in [2.05, 4.69) is 4.98 Å². The van der Waals surface area contributed by atoms with Crippen LogP contribution in [0.25, 0.3) is 0 Å². The van der Waals surface area contributed by atoms with Gasteiger partial charge in [0.1, 0.15) is 11.2 Å². The summed E-state index contributed by atoms with van der Waals surface area (Å²) in [6.07, 6.45) is 1.43. The molecule has 1 heterocycles. The number of methoxy groups -OCH3 is 1. The molecule has 1 atom stereocenters. The summed E-state index contributed by atoms with van der Waals surface area (Å²) in [6.45, 7) is 3.30. The lowest BCUT2D eigenvalue weighted by Gasteiger charge is -2.27. The third-order valence-electron chi connectivity index (χ3n) is 3.04. The van der Waals surface area contributed by atoms with E-state index in [1.54, 1.807) is 19.1 Å². The number of ether oxygens (including phenoxy) is 2. The molecule has 6 nitrogen and oxygen atoms in total. The number of carbonyl (C=O) groups excluding carboxylic acids is 1. The van der Waals surface area contributed by atoms with Crippen LogP contribution < -0.4 is 4.74 Å². The Morgan fingerprint density at radius 3 is 2.50 bits per heavy atom. The van der Waals surface area contributed by atoms with Crippen LogP contribution in [0.2, 0.25) is 0 Å². The van der Waals surface area contributed by atoms with Gasteiger partial charge in [0.05, 0.1) is 37.7 Å². The third-order valence-corrected chi connectivity index (χ3v) is 3.04. The van der Waals surface area contributed by atoms with Crippen molar-refractivity contribution in [3.8, 4) is 17.9 Å². The minimum Gasteiger partial charge on any atom is -0.495 e. The lowest BCUT2D eigenvalue weighted by Crippen LogP contribution is -2.41. The molecule has 0 amide bonds. The lowest BCUT2D eigenvalue weighted by atomic mass is 9.75. The summed E-state index contributed by atoms with van der Waals surface area (Å²) in [5.74, 6) is -1.32. The van der Waals surface area contributed by atoms with Crippen LogP contribution in [0.15, 0.2) is 18.3 Å². The maximum Gasteiger partial charge on any atom is 0.320 e. The van der Waals surface area contributed by atoms with Gasteiger partial charge < -0.3 is 9.47 Å². The second-order valence-corrected chi connectivity index (χ2v) is 4.20. The van der Waals surface area contributed by atoms with Gasteiger partial charge in [-0.25, -0.2) is 0 Å². The molecule has 0 saturated carbocycles. The number of esters is 1. The number of nitriles is 2. The summed E-state index contributed by atoms with van der Waals surface area (Å²) in [5.41, 5.74) is -1.14. The Bertz CT molecular complexity index is 543. The number of hydrogen-bond donors (Lipinski definition) is 0. The van der Waals surface area contributed by atoms with Crippen molar-refractivity contribution in [2.75, 3.05) is 13.7 Å². The molecule has 0 fully saturated rings. The van der Waals surface area contributed by atoms with E-state index in [0.29, 0.717) is 11.4 Å². The van der Waals surface area contributed by atoms with Gasteiger partial charge >= 0.3 is 5.97 Å². The molecule has 1 aromatic rings. The number of nitrogens with zero attached hydrogens (tertiary/aromatic N) is 3. The van der Waals surface area contributed by atoms with Gasteiger partial charge in [0.15, 0.2) is 5.92 Å². The average Bonchev–Trinajstić information content (AvgIpc) is 2.48. The van der Waals surface area contributed by atoms with Crippen LogP contribution in [-0.4, -0.2) is 24.7 Å². The number of hydrogen-bond acceptors (Lipinski definition) is 6. The van der Waals surface area contributed by atoms with Crippen LogP contribution in [0, 0.1) is 28.6 Å². The fraction of sp³-hybridized carbons (Fsp3) is 0.429. The first-order chi connectivity index (χ1) is 9.54. The minimum absolute atomic E-state index is 0.161. The Balaban J connectivity index is 3.33. The molecule has 1 rings (SSSR count). The summed E-state index contributed by atoms with van der Waals surface area (Å²) in [7, 11) is 1.49. The zero-order valence-corrected chi connectivity index (χ0v) is 11.6. The molecule has 104 valence electrons. The highest BCUT2D eigenvalue weighted by Crippen LogP contribution is 2.32. The van der Waals surface area contributed by atoms with E-state index in [-0.39, 0.29) is 6.61 Å². The molecule has 0 aliphatic heterocycles. The van der Waals surface area contributed by atoms with Crippen molar-refractivity contribution >= 4 is 5.97 Å². The van der Waals surface area contributed by atoms with Crippen LogP contribution in [0.1, 0.15) is 19.5 Å². The van der Waals surface area contributed by atoms with Crippen molar-refractivity contribution in [1.82, 2.24) is 4.98 Å². The molecule has 0 spiro atoms. The molecule has 0 N–H and O–H groups in total. The summed E-state index contributed by atoms with van der Waals surface area (Å²) in [4.78, 5) is 16.3. The summed E-state index contributed by atoms with van der Waals surface area (Å²) in [5, 5.41) is 18.2. The van der Waals surface area contributed by atoms with Crippen molar-refractivity contribution in [1.29, 1.82) is 10.5 Å². The van der Waals surface area contributed by atoms with Gasteiger partial charge in [-0.3, -0.25) is 9.78 Å². The van der Waals surface area contributed by atoms with E-state index in [4.69, 9.17) is 20.0 Å². The van der Waals surface area contributed by atoms with Gasteiger partial charge in [0.2, 0.25) is 0 Å². The average molecular weight is 273 g/mol. The van der Waals surface area contributed by atoms with E-state index >= 15 is 0 Å².